The number of rotatable bonds is 11. The van der Waals surface area contributed by atoms with Gasteiger partial charge in [0.25, 0.3) is 5.91 Å². The highest BCUT2D eigenvalue weighted by molar-refractivity contribution is 6.11. The van der Waals surface area contributed by atoms with Crippen LogP contribution in [0.3, 0.4) is 0 Å². The molecular formula is C34H40N4O7. The number of hydrogen-bond acceptors (Lipinski definition) is 8. The van der Waals surface area contributed by atoms with Crippen molar-refractivity contribution in [2.75, 3.05) is 43.3 Å². The summed E-state index contributed by atoms with van der Waals surface area (Å²) in [5.41, 5.74) is 3.60. The van der Waals surface area contributed by atoms with Gasteiger partial charge in [-0.15, -0.1) is 0 Å². The zero-order valence-electron chi connectivity index (χ0n) is 26.5. The number of ether oxygens (including phenoxy) is 3. The van der Waals surface area contributed by atoms with Gasteiger partial charge in [0.15, 0.2) is 5.75 Å². The molecule has 1 aliphatic heterocycles. The highest BCUT2D eigenvalue weighted by atomic mass is 16.5. The topological polar surface area (TPSA) is 135 Å². The highest BCUT2D eigenvalue weighted by Gasteiger charge is 2.30. The molecule has 1 atom stereocenters. The first-order valence-corrected chi connectivity index (χ1v) is 14.6. The van der Waals surface area contributed by atoms with Gasteiger partial charge in [-0.1, -0.05) is 51.1 Å². The van der Waals surface area contributed by atoms with Gasteiger partial charge in [0, 0.05) is 32.3 Å². The van der Waals surface area contributed by atoms with Crippen LogP contribution < -0.4 is 25.6 Å². The zero-order valence-corrected chi connectivity index (χ0v) is 26.5. The van der Waals surface area contributed by atoms with Crippen molar-refractivity contribution in [3.05, 3.63) is 77.4 Å². The Kier molecular flexibility index (Phi) is 10.5. The molecule has 11 nitrogen and oxygen atoms in total. The zero-order chi connectivity index (χ0) is 32.7. The van der Waals surface area contributed by atoms with Crippen molar-refractivity contribution < 1.29 is 33.4 Å². The first-order valence-electron chi connectivity index (χ1n) is 14.6. The largest absolute Gasteiger partial charge is 0.469 e. The Morgan fingerprint density at radius 2 is 1.73 bits per heavy atom. The molecule has 0 saturated carbocycles. The fourth-order valence-electron chi connectivity index (χ4n) is 4.64. The molecule has 4 rings (SSSR count). The molecule has 0 spiro atoms. The van der Waals surface area contributed by atoms with E-state index in [4.69, 9.17) is 9.47 Å². The molecule has 45 heavy (non-hydrogen) atoms. The molecule has 0 aliphatic carbocycles. The summed E-state index contributed by atoms with van der Waals surface area (Å²) < 4.78 is 16.5. The summed E-state index contributed by atoms with van der Waals surface area (Å²) in [6, 6.07) is 17.3. The van der Waals surface area contributed by atoms with Crippen LogP contribution in [0, 0.1) is 0 Å². The predicted molar refractivity (Wildman–Crippen MR) is 172 cm³/mol. The van der Waals surface area contributed by atoms with E-state index in [1.165, 1.54) is 24.8 Å². The van der Waals surface area contributed by atoms with E-state index in [1.807, 2.05) is 61.5 Å². The third kappa shape index (κ3) is 8.82. The Bertz CT molecular complexity index is 1560. The van der Waals surface area contributed by atoms with Crippen LogP contribution in [0.15, 0.2) is 60.7 Å². The number of methoxy groups -OCH3 is 1. The van der Waals surface area contributed by atoms with Gasteiger partial charge in [-0.2, -0.15) is 0 Å². The summed E-state index contributed by atoms with van der Waals surface area (Å²) in [6.45, 7) is 6.43. The molecule has 3 aromatic rings. The SMILES string of the molecule is COC(=O)CC[C@H]1NC(=O)c2cc(Oc3cccc(N(C)C)c3)c(NC(=O)COCc3ccc(C(C)(C)C)cc3)cc2NC1=O. The number of fused-ring (bicyclic) bond motifs is 1. The molecule has 0 aromatic heterocycles. The van der Waals surface area contributed by atoms with Crippen molar-refractivity contribution in [1.82, 2.24) is 5.32 Å². The third-order valence-electron chi connectivity index (χ3n) is 7.27. The molecule has 1 aliphatic rings. The normalized spacial score (nSPS) is 14.4. The second-order valence-electron chi connectivity index (χ2n) is 12.0. The number of amides is 3. The number of carbonyl (C=O) groups excluding carboxylic acids is 4. The molecule has 3 N–H and O–H groups in total. The minimum atomic E-state index is -0.964. The fourth-order valence-corrected chi connectivity index (χ4v) is 4.64. The van der Waals surface area contributed by atoms with E-state index < -0.39 is 29.7 Å². The number of benzene rings is 3. The van der Waals surface area contributed by atoms with Crippen molar-refractivity contribution in [2.24, 2.45) is 0 Å². The van der Waals surface area contributed by atoms with Crippen molar-refractivity contribution in [1.29, 1.82) is 0 Å². The third-order valence-corrected chi connectivity index (χ3v) is 7.27. The molecule has 0 unspecified atom stereocenters. The Hall–Kier alpha value is -4.90. The standard InChI is InChI=1S/C34H40N4O7/c1-34(2,3)22-12-10-21(11-13-22)19-44-20-30(39)35-28-18-27-25(17-29(28)45-24-9-7-8-23(16-24)38(4)5)32(41)36-26(33(42)37-27)14-15-31(40)43-6/h7-13,16-18,26H,14-15,19-20H2,1-6H3,(H,35,39)(H,36,41)(H,37,42)/t26-/m1/s1. The number of carbonyl (C=O) groups is 4. The smallest absolute Gasteiger partial charge is 0.305 e. The average molecular weight is 617 g/mol. The van der Waals surface area contributed by atoms with E-state index in [2.05, 4.69) is 41.5 Å². The number of nitrogens with zero attached hydrogens (tertiary/aromatic N) is 1. The first-order chi connectivity index (χ1) is 21.3. The predicted octanol–water partition coefficient (Wildman–Crippen LogP) is 5.00. The molecule has 0 saturated heterocycles. The van der Waals surface area contributed by atoms with Crippen LogP contribution in [-0.4, -0.2) is 57.5 Å². The monoisotopic (exact) mass is 616 g/mol. The van der Waals surface area contributed by atoms with Crippen molar-refractivity contribution in [3.8, 4) is 11.5 Å². The molecule has 0 bridgehead atoms. The van der Waals surface area contributed by atoms with Crippen LogP contribution in [-0.2, 0) is 35.9 Å². The van der Waals surface area contributed by atoms with E-state index in [-0.39, 0.29) is 54.2 Å². The first kappa shape index (κ1) is 33.0. The number of anilines is 3. The van der Waals surface area contributed by atoms with Gasteiger partial charge in [0.2, 0.25) is 11.8 Å². The molecule has 3 aromatic carbocycles. The Labute approximate surface area is 263 Å². The van der Waals surface area contributed by atoms with E-state index in [9.17, 15) is 19.2 Å². The lowest BCUT2D eigenvalue weighted by molar-refractivity contribution is -0.140. The van der Waals surface area contributed by atoms with E-state index >= 15 is 0 Å². The molecule has 3 amide bonds. The minimum absolute atomic E-state index is 0.0326. The van der Waals surface area contributed by atoms with Crippen molar-refractivity contribution >= 4 is 40.8 Å². The highest BCUT2D eigenvalue weighted by Crippen LogP contribution is 2.37. The lowest BCUT2D eigenvalue weighted by Crippen LogP contribution is -2.41. The maximum Gasteiger partial charge on any atom is 0.305 e. The second kappa shape index (κ2) is 14.3. The van der Waals surface area contributed by atoms with Crippen LogP contribution in [0.5, 0.6) is 11.5 Å². The molecule has 0 fully saturated rings. The summed E-state index contributed by atoms with van der Waals surface area (Å²) in [5, 5.41) is 8.20. The van der Waals surface area contributed by atoms with Crippen LogP contribution in [0.1, 0.15) is 55.1 Å². The number of hydrogen-bond donors (Lipinski definition) is 3. The van der Waals surface area contributed by atoms with E-state index in [0.717, 1.165) is 11.3 Å². The molecule has 1 heterocycles. The van der Waals surface area contributed by atoms with Gasteiger partial charge in [-0.05, 0) is 47.2 Å². The minimum Gasteiger partial charge on any atom is -0.469 e. The average Bonchev–Trinajstić information content (AvgIpc) is 3.10. The maximum atomic E-state index is 13.2. The molecule has 11 heteroatoms. The van der Waals surface area contributed by atoms with Gasteiger partial charge in [0.1, 0.15) is 18.4 Å². The van der Waals surface area contributed by atoms with Crippen LogP contribution in [0.2, 0.25) is 0 Å². The van der Waals surface area contributed by atoms with Gasteiger partial charge in [0.05, 0.1) is 30.7 Å². The van der Waals surface area contributed by atoms with Gasteiger partial charge >= 0.3 is 5.97 Å². The van der Waals surface area contributed by atoms with Crippen molar-refractivity contribution in [2.45, 2.75) is 51.7 Å². The fraction of sp³-hybridized carbons (Fsp3) is 0.353. The Morgan fingerprint density at radius 1 is 1.00 bits per heavy atom. The lowest BCUT2D eigenvalue weighted by Gasteiger charge is -2.19. The lowest BCUT2D eigenvalue weighted by atomic mass is 9.87. The molecular weight excluding hydrogens is 576 g/mol. The van der Waals surface area contributed by atoms with Crippen LogP contribution >= 0.6 is 0 Å². The van der Waals surface area contributed by atoms with Gasteiger partial charge in [-0.25, -0.2) is 0 Å². The van der Waals surface area contributed by atoms with Crippen LogP contribution in [0.25, 0.3) is 0 Å². The summed E-state index contributed by atoms with van der Waals surface area (Å²) in [7, 11) is 5.05. The summed E-state index contributed by atoms with van der Waals surface area (Å²) in [5.74, 6) is -1.33. The summed E-state index contributed by atoms with van der Waals surface area (Å²) in [4.78, 5) is 52.8. The van der Waals surface area contributed by atoms with E-state index in [0.29, 0.717) is 5.75 Å². The number of nitrogens with one attached hydrogen (secondary N) is 3. The quantitative estimate of drug-likeness (QED) is 0.256. The van der Waals surface area contributed by atoms with Gasteiger partial charge in [-0.3, -0.25) is 19.2 Å². The summed E-state index contributed by atoms with van der Waals surface area (Å²) >= 11 is 0. The molecule has 0 radical (unpaired) electrons. The summed E-state index contributed by atoms with van der Waals surface area (Å²) in [6.07, 6.45) is 0.00259. The Balaban J connectivity index is 1.55. The van der Waals surface area contributed by atoms with E-state index in [1.54, 1.807) is 6.07 Å². The Morgan fingerprint density at radius 3 is 2.40 bits per heavy atom. The maximum absolute atomic E-state index is 13.2. The number of esters is 1. The second-order valence-corrected chi connectivity index (χ2v) is 12.0. The van der Waals surface area contributed by atoms with Gasteiger partial charge < -0.3 is 35.1 Å². The van der Waals surface area contributed by atoms with Crippen LogP contribution in [0.4, 0.5) is 17.1 Å². The van der Waals surface area contributed by atoms with Crippen molar-refractivity contribution in [3.63, 3.8) is 0 Å². The molecule has 238 valence electrons.